The lowest BCUT2D eigenvalue weighted by molar-refractivity contribution is -0.147. The van der Waals surface area contributed by atoms with Crippen LogP contribution >= 0.6 is 22.6 Å². The largest absolute Gasteiger partial charge is 0.480 e. The van der Waals surface area contributed by atoms with Crippen LogP contribution in [0.4, 0.5) is 0 Å². The van der Waals surface area contributed by atoms with Crippen LogP contribution in [0, 0.1) is 0 Å². The van der Waals surface area contributed by atoms with Gasteiger partial charge in [-0.25, -0.2) is 0 Å². The molecule has 0 bridgehead atoms. The Kier molecular flexibility index (Phi) is 7.66. The van der Waals surface area contributed by atoms with Gasteiger partial charge in [0.2, 0.25) is 0 Å². The van der Waals surface area contributed by atoms with Crippen molar-refractivity contribution in [2.45, 2.75) is 42.9 Å². The molecule has 0 aliphatic rings. The molecular formula is C15H20INO4. The van der Waals surface area contributed by atoms with E-state index in [9.17, 15) is 9.59 Å². The lowest BCUT2D eigenvalue weighted by Gasteiger charge is -2.21. The summed E-state index contributed by atoms with van der Waals surface area (Å²) in [5.74, 6) is -1.41. The number of nitrogens with one attached hydrogen (secondary N) is 1. The summed E-state index contributed by atoms with van der Waals surface area (Å²) in [6.07, 6.45) is 1.17. The number of hydrogen-bond donors (Lipinski definition) is 2. The highest BCUT2D eigenvalue weighted by molar-refractivity contribution is 14.1. The molecule has 0 saturated carbocycles. The molecule has 1 aromatic rings. The SMILES string of the molecule is CC(I)OC(=O)[C@H](CCc1ccccc1)NC(C)C(=O)O. The number of alkyl halides is 1. The lowest BCUT2D eigenvalue weighted by atomic mass is 10.0. The first-order valence-electron chi connectivity index (χ1n) is 6.77. The molecule has 6 heteroatoms. The second kappa shape index (κ2) is 8.99. The van der Waals surface area contributed by atoms with E-state index in [1.165, 1.54) is 6.92 Å². The van der Waals surface area contributed by atoms with E-state index in [4.69, 9.17) is 9.84 Å². The van der Waals surface area contributed by atoms with Crippen molar-refractivity contribution in [1.29, 1.82) is 0 Å². The monoisotopic (exact) mass is 405 g/mol. The van der Waals surface area contributed by atoms with Crippen LogP contribution in [0.5, 0.6) is 0 Å². The number of carbonyl (C=O) groups is 2. The van der Waals surface area contributed by atoms with E-state index in [0.717, 1.165) is 5.56 Å². The average molecular weight is 405 g/mol. The third-order valence-corrected chi connectivity index (χ3v) is 3.20. The number of aliphatic carboxylic acids is 1. The number of esters is 1. The maximum atomic E-state index is 12.1. The predicted molar refractivity (Wildman–Crippen MR) is 88.4 cm³/mol. The van der Waals surface area contributed by atoms with E-state index >= 15 is 0 Å². The Balaban J connectivity index is 2.66. The first-order valence-corrected chi connectivity index (χ1v) is 8.02. The van der Waals surface area contributed by atoms with Crippen LogP contribution in [0.3, 0.4) is 0 Å². The molecule has 0 aliphatic heterocycles. The van der Waals surface area contributed by atoms with Gasteiger partial charge in [0.1, 0.15) is 16.2 Å². The molecule has 0 aromatic heterocycles. The average Bonchev–Trinajstić information content (AvgIpc) is 2.43. The smallest absolute Gasteiger partial charge is 0.324 e. The van der Waals surface area contributed by atoms with Crippen molar-refractivity contribution in [2.75, 3.05) is 0 Å². The van der Waals surface area contributed by atoms with Crippen molar-refractivity contribution in [3.8, 4) is 0 Å². The number of ether oxygens (including phenoxy) is 1. The highest BCUT2D eigenvalue weighted by atomic mass is 127. The van der Waals surface area contributed by atoms with Crippen molar-refractivity contribution >= 4 is 34.5 Å². The maximum absolute atomic E-state index is 12.1. The molecule has 2 N–H and O–H groups in total. The molecule has 116 valence electrons. The number of hydrogen-bond acceptors (Lipinski definition) is 4. The van der Waals surface area contributed by atoms with Gasteiger partial charge in [-0.15, -0.1) is 0 Å². The van der Waals surface area contributed by atoms with Gasteiger partial charge >= 0.3 is 11.9 Å². The minimum atomic E-state index is -0.991. The minimum absolute atomic E-state index is 0.253. The molecule has 0 amide bonds. The quantitative estimate of drug-likeness (QED) is 0.395. The predicted octanol–water partition coefficient (Wildman–Crippen LogP) is 2.37. The van der Waals surface area contributed by atoms with E-state index in [1.807, 2.05) is 52.9 Å². The van der Waals surface area contributed by atoms with E-state index < -0.39 is 24.0 Å². The molecule has 1 aromatic carbocycles. The standard InChI is InChI=1S/C15H20INO4/c1-10(14(18)19)17-13(15(20)21-11(2)16)9-8-12-6-4-3-5-7-12/h3-7,10-11,13,17H,8-9H2,1-2H3,(H,18,19)/t10?,11?,13-/m0/s1. The van der Waals surface area contributed by atoms with Crippen LogP contribution in [0.2, 0.25) is 0 Å². The Morgan fingerprint density at radius 3 is 2.43 bits per heavy atom. The van der Waals surface area contributed by atoms with Crippen molar-refractivity contribution < 1.29 is 19.4 Å². The molecule has 0 saturated heterocycles. The summed E-state index contributed by atoms with van der Waals surface area (Å²) >= 11 is 1.99. The second-order valence-corrected chi connectivity index (χ2v) is 6.54. The molecule has 0 radical (unpaired) electrons. The zero-order valence-electron chi connectivity index (χ0n) is 12.1. The molecule has 2 unspecified atom stereocenters. The summed E-state index contributed by atoms with van der Waals surface area (Å²) in [5.41, 5.74) is 1.10. The van der Waals surface area contributed by atoms with Crippen molar-refractivity contribution in [2.24, 2.45) is 0 Å². The second-order valence-electron chi connectivity index (χ2n) is 4.78. The molecule has 0 aliphatic carbocycles. The number of carboxylic acids is 1. The summed E-state index contributed by atoms with van der Waals surface area (Å²) < 4.78 is 4.92. The van der Waals surface area contributed by atoms with Gasteiger partial charge in [-0.1, -0.05) is 30.3 Å². The molecule has 21 heavy (non-hydrogen) atoms. The van der Waals surface area contributed by atoms with Crippen LogP contribution in [0.15, 0.2) is 30.3 Å². The van der Waals surface area contributed by atoms with Gasteiger partial charge in [-0.3, -0.25) is 14.9 Å². The Labute approximate surface area is 138 Å². The van der Waals surface area contributed by atoms with Crippen LogP contribution in [-0.2, 0) is 20.7 Å². The first-order chi connectivity index (χ1) is 9.90. The van der Waals surface area contributed by atoms with Crippen LogP contribution in [0.25, 0.3) is 0 Å². The normalized spacial score (nSPS) is 15.0. The number of benzene rings is 1. The minimum Gasteiger partial charge on any atom is -0.480 e. The fraction of sp³-hybridized carbons (Fsp3) is 0.467. The van der Waals surface area contributed by atoms with E-state index in [2.05, 4.69) is 5.32 Å². The van der Waals surface area contributed by atoms with Crippen molar-refractivity contribution in [1.82, 2.24) is 5.32 Å². The highest BCUT2D eigenvalue weighted by Crippen LogP contribution is 2.10. The molecule has 1 rings (SSSR count). The number of carbonyl (C=O) groups excluding carboxylic acids is 1. The van der Waals surface area contributed by atoms with Crippen LogP contribution in [-0.4, -0.2) is 33.2 Å². The zero-order valence-corrected chi connectivity index (χ0v) is 14.2. The summed E-state index contributed by atoms with van der Waals surface area (Å²) in [7, 11) is 0. The fourth-order valence-corrected chi connectivity index (χ4v) is 2.09. The summed E-state index contributed by atoms with van der Waals surface area (Å²) in [6, 6.07) is 8.31. The Morgan fingerprint density at radius 2 is 1.90 bits per heavy atom. The first kappa shape index (κ1) is 17.9. The van der Waals surface area contributed by atoms with Crippen molar-refractivity contribution in [3.05, 3.63) is 35.9 Å². The number of carboxylic acid groups (broad SMARTS) is 1. The van der Waals surface area contributed by atoms with E-state index in [1.54, 1.807) is 6.92 Å². The molecule has 0 heterocycles. The molecular weight excluding hydrogens is 385 g/mol. The molecule has 5 nitrogen and oxygen atoms in total. The summed E-state index contributed by atoms with van der Waals surface area (Å²) in [4.78, 5) is 23.0. The third kappa shape index (κ3) is 6.90. The van der Waals surface area contributed by atoms with Crippen LogP contribution < -0.4 is 5.32 Å². The van der Waals surface area contributed by atoms with Gasteiger partial charge in [0.25, 0.3) is 0 Å². The fourth-order valence-electron chi connectivity index (χ4n) is 1.84. The Morgan fingerprint density at radius 1 is 1.29 bits per heavy atom. The summed E-state index contributed by atoms with van der Waals surface area (Å²) in [6.45, 7) is 3.27. The lowest BCUT2D eigenvalue weighted by Crippen LogP contribution is -2.46. The number of rotatable bonds is 8. The number of aryl methyl sites for hydroxylation is 1. The highest BCUT2D eigenvalue weighted by Gasteiger charge is 2.25. The van der Waals surface area contributed by atoms with Gasteiger partial charge in [0, 0.05) is 0 Å². The molecule has 0 fully saturated rings. The van der Waals surface area contributed by atoms with Gasteiger partial charge in [0.15, 0.2) is 0 Å². The maximum Gasteiger partial charge on any atom is 0.324 e. The Bertz CT molecular complexity index is 464. The molecule has 3 atom stereocenters. The van der Waals surface area contributed by atoms with E-state index in [-0.39, 0.29) is 4.11 Å². The van der Waals surface area contributed by atoms with Gasteiger partial charge in [-0.2, -0.15) is 0 Å². The van der Waals surface area contributed by atoms with Gasteiger partial charge in [0.05, 0.1) is 0 Å². The zero-order chi connectivity index (χ0) is 15.8. The topological polar surface area (TPSA) is 75.6 Å². The summed E-state index contributed by atoms with van der Waals surface area (Å²) in [5, 5.41) is 11.8. The van der Waals surface area contributed by atoms with Gasteiger partial charge < -0.3 is 9.84 Å². The van der Waals surface area contributed by atoms with Crippen LogP contribution in [0.1, 0.15) is 25.8 Å². The third-order valence-electron chi connectivity index (χ3n) is 2.95. The molecule has 0 spiro atoms. The van der Waals surface area contributed by atoms with Gasteiger partial charge in [-0.05, 0) is 54.8 Å². The van der Waals surface area contributed by atoms with Crippen molar-refractivity contribution in [3.63, 3.8) is 0 Å². The van der Waals surface area contributed by atoms with E-state index in [0.29, 0.717) is 12.8 Å². The number of halogens is 1. The Hall–Kier alpha value is -1.15.